The summed E-state index contributed by atoms with van der Waals surface area (Å²) in [6.07, 6.45) is 3.23. The summed E-state index contributed by atoms with van der Waals surface area (Å²) in [7, 11) is 3.59. The summed E-state index contributed by atoms with van der Waals surface area (Å²) in [6, 6.07) is 1.89. The van der Waals surface area contributed by atoms with Gasteiger partial charge in [-0.2, -0.15) is 0 Å². The normalized spacial score (nSPS) is 12.4. The van der Waals surface area contributed by atoms with Crippen molar-refractivity contribution in [3.8, 4) is 5.88 Å². The van der Waals surface area contributed by atoms with Gasteiger partial charge in [-0.25, -0.2) is 9.98 Å². The van der Waals surface area contributed by atoms with Crippen LogP contribution >= 0.6 is 15.9 Å². The van der Waals surface area contributed by atoms with Crippen molar-refractivity contribution in [1.29, 1.82) is 0 Å². The Hall–Kier alpha value is -1.44. The van der Waals surface area contributed by atoms with E-state index in [-0.39, 0.29) is 6.10 Å². The molecule has 0 aliphatic heterocycles. The smallest absolute Gasteiger partial charge is 0.228 e. The van der Waals surface area contributed by atoms with Gasteiger partial charge in [-0.3, -0.25) is 0 Å². The summed E-state index contributed by atoms with van der Waals surface area (Å²) in [6.45, 7) is 9.75. The van der Waals surface area contributed by atoms with Gasteiger partial charge in [0.25, 0.3) is 0 Å². The van der Waals surface area contributed by atoms with Crippen LogP contribution in [0.1, 0.15) is 12.6 Å². The molecule has 1 rings (SSSR count). The van der Waals surface area contributed by atoms with E-state index in [1.807, 2.05) is 24.9 Å². The lowest BCUT2D eigenvalue weighted by molar-refractivity contribution is 0.0126. The van der Waals surface area contributed by atoms with E-state index in [1.165, 1.54) is 0 Å². The van der Waals surface area contributed by atoms with Crippen LogP contribution in [0.5, 0.6) is 5.88 Å². The van der Waals surface area contributed by atoms with Crippen molar-refractivity contribution in [1.82, 2.24) is 9.88 Å². The van der Waals surface area contributed by atoms with Crippen LogP contribution < -0.4 is 4.74 Å². The number of aromatic nitrogens is 1. The molecule has 0 saturated carbocycles. The molecule has 0 fully saturated rings. The number of ether oxygens (including phenoxy) is 3. The molecule has 24 heavy (non-hydrogen) atoms. The number of nitrogens with zero attached hydrogens (tertiary/aromatic N) is 3. The van der Waals surface area contributed by atoms with E-state index in [9.17, 15) is 0 Å². The average Bonchev–Trinajstić information content (AvgIpc) is 2.56. The zero-order chi connectivity index (χ0) is 17.9. The van der Waals surface area contributed by atoms with Crippen molar-refractivity contribution in [3.05, 3.63) is 28.9 Å². The van der Waals surface area contributed by atoms with Gasteiger partial charge in [-0.1, -0.05) is 6.08 Å². The van der Waals surface area contributed by atoms with Crippen LogP contribution in [-0.4, -0.2) is 62.8 Å². The monoisotopic (exact) mass is 399 g/mol. The number of aryl methyl sites for hydroxylation is 1. The molecule has 0 aliphatic rings. The lowest BCUT2D eigenvalue weighted by Gasteiger charge is -2.19. The Balaban J connectivity index is 2.85. The maximum Gasteiger partial charge on any atom is 0.228 e. The van der Waals surface area contributed by atoms with Crippen LogP contribution in [0.2, 0.25) is 0 Å². The van der Waals surface area contributed by atoms with E-state index in [2.05, 4.69) is 39.4 Å². The van der Waals surface area contributed by atoms with Crippen molar-refractivity contribution in [2.24, 2.45) is 4.99 Å². The third kappa shape index (κ3) is 6.98. The van der Waals surface area contributed by atoms with E-state index in [1.54, 1.807) is 19.5 Å². The zero-order valence-corrected chi connectivity index (χ0v) is 16.4. The van der Waals surface area contributed by atoms with Crippen LogP contribution in [0.25, 0.3) is 0 Å². The summed E-state index contributed by atoms with van der Waals surface area (Å²) >= 11 is 3.49. The second-order valence-corrected chi connectivity index (χ2v) is 6.07. The van der Waals surface area contributed by atoms with Gasteiger partial charge in [0.1, 0.15) is 6.10 Å². The molecule has 0 N–H and O–H groups in total. The van der Waals surface area contributed by atoms with Gasteiger partial charge in [-0.05, 0) is 35.8 Å². The van der Waals surface area contributed by atoms with E-state index >= 15 is 0 Å². The first kappa shape index (κ1) is 20.6. The van der Waals surface area contributed by atoms with Crippen molar-refractivity contribution in [2.75, 3.05) is 40.5 Å². The van der Waals surface area contributed by atoms with Crippen LogP contribution in [0.3, 0.4) is 0 Å². The fraction of sp³-hybridized carbons (Fsp3) is 0.529. The molecule has 0 bridgehead atoms. The fourth-order valence-corrected chi connectivity index (χ4v) is 2.15. The molecule has 1 unspecified atom stereocenters. The third-order valence-electron chi connectivity index (χ3n) is 3.17. The molecule has 1 aromatic heterocycles. The number of pyridine rings is 1. The molecule has 0 saturated heterocycles. The van der Waals surface area contributed by atoms with Crippen LogP contribution in [0, 0.1) is 6.92 Å². The summed E-state index contributed by atoms with van der Waals surface area (Å²) in [4.78, 5) is 10.9. The molecule has 0 aromatic carbocycles. The third-order valence-corrected chi connectivity index (χ3v) is 3.74. The number of hydrogen-bond donors (Lipinski definition) is 0. The quantitative estimate of drug-likeness (QED) is 0.247. The number of halogens is 1. The van der Waals surface area contributed by atoms with Crippen LogP contribution in [0.4, 0.5) is 5.69 Å². The predicted octanol–water partition coefficient (Wildman–Crippen LogP) is 3.36. The summed E-state index contributed by atoms with van der Waals surface area (Å²) in [5.41, 5.74) is 1.58. The molecule has 0 spiro atoms. The predicted molar refractivity (Wildman–Crippen MR) is 100 cm³/mol. The van der Waals surface area contributed by atoms with E-state index in [0.29, 0.717) is 25.7 Å². The number of methoxy groups -OCH3 is 1. The first-order valence-electron chi connectivity index (χ1n) is 7.77. The van der Waals surface area contributed by atoms with E-state index in [4.69, 9.17) is 14.2 Å². The topological polar surface area (TPSA) is 56.2 Å². The Morgan fingerprint density at radius 3 is 2.83 bits per heavy atom. The Labute approximate surface area is 152 Å². The fourth-order valence-electron chi connectivity index (χ4n) is 1.75. The molecule has 6 nitrogen and oxygen atoms in total. The van der Waals surface area contributed by atoms with Gasteiger partial charge >= 0.3 is 0 Å². The molecule has 1 aromatic rings. The van der Waals surface area contributed by atoms with Crippen molar-refractivity contribution >= 4 is 28.0 Å². The first-order chi connectivity index (χ1) is 11.5. The largest absolute Gasteiger partial charge is 0.469 e. The lowest BCUT2D eigenvalue weighted by Crippen LogP contribution is -2.28. The number of hydrogen-bond acceptors (Lipinski definition) is 5. The Morgan fingerprint density at radius 1 is 1.46 bits per heavy atom. The van der Waals surface area contributed by atoms with Crippen LogP contribution in [-0.2, 0) is 9.47 Å². The maximum absolute atomic E-state index is 5.91. The minimum Gasteiger partial charge on any atom is -0.469 e. The Bertz CT molecular complexity index is 552. The van der Waals surface area contributed by atoms with Gasteiger partial charge in [0, 0.05) is 20.7 Å². The van der Waals surface area contributed by atoms with Crippen LogP contribution in [0.15, 0.2) is 28.2 Å². The SMILES string of the molecule is C=CCOCC(COC)Oc1nc(C)c(/N=C/N(C)CC)cc1Br. The van der Waals surface area contributed by atoms with E-state index < -0.39 is 0 Å². The molecule has 1 heterocycles. The molecular formula is C17H26BrN3O3. The molecule has 0 radical (unpaired) electrons. The Kier molecular flexibility index (Phi) is 9.59. The maximum atomic E-state index is 5.91. The van der Waals surface area contributed by atoms with Gasteiger partial charge in [0.05, 0.1) is 42.0 Å². The summed E-state index contributed by atoms with van der Waals surface area (Å²) in [5.74, 6) is 0.500. The molecule has 7 heteroatoms. The molecule has 0 aliphatic carbocycles. The zero-order valence-electron chi connectivity index (χ0n) is 14.8. The minimum absolute atomic E-state index is 0.251. The van der Waals surface area contributed by atoms with E-state index in [0.717, 1.165) is 22.4 Å². The Morgan fingerprint density at radius 2 is 2.21 bits per heavy atom. The van der Waals surface area contributed by atoms with Gasteiger partial charge in [0.2, 0.25) is 5.88 Å². The molecule has 1 atom stereocenters. The highest BCUT2D eigenvalue weighted by atomic mass is 79.9. The molecule has 134 valence electrons. The highest BCUT2D eigenvalue weighted by Gasteiger charge is 2.15. The van der Waals surface area contributed by atoms with Crippen molar-refractivity contribution in [2.45, 2.75) is 20.0 Å². The standard InChI is InChI=1S/C17H26BrN3O3/c1-6-8-23-11-14(10-22-5)24-17-15(18)9-16(13(3)20-17)19-12-21(4)7-2/h6,9,12,14H,1,7-8,10-11H2,2-5H3/b19-12+. The van der Waals surface area contributed by atoms with Gasteiger partial charge in [0.15, 0.2) is 0 Å². The number of aliphatic imine (C=N–C) groups is 1. The molecular weight excluding hydrogens is 374 g/mol. The number of rotatable bonds is 11. The average molecular weight is 400 g/mol. The molecule has 0 amide bonds. The second-order valence-electron chi connectivity index (χ2n) is 5.22. The minimum atomic E-state index is -0.251. The van der Waals surface area contributed by atoms with Crippen molar-refractivity contribution in [3.63, 3.8) is 0 Å². The van der Waals surface area contributed by atoms with Gasteiger partial charge in [-0.15, -0.1) is 6.58 Å². The van der Waals surface area contributed by atoms with Gasteiger partial charge < -0.3 is 19.1 Å². The summed E-state index contributed by atoms with van der Waals surface area (Å²) < 4.78 is 17.3. The highest BCUT2D eigenvalue weighted by Crippen LogP contribution is 2.30. The summed E-state index contributed by atoms with van der Waals surface area (Å²) in [5, 5.41) is 0. The lowest BCUT2D eigenvalue weighted by atomic mass is 10.3. The second kappa shape index (κ2) is 11.2. The van der Waals surface area contributed by atoms with Crippen molar-refractivity contribution < 1.29 is 14.2 Å². The first-order valence-corrected chi connectivity index (χ1v) is 8.56. The highest BCUT2D eigenvalue weighted by molar-refractivity contribution is 9.10.